The summed E-state index contributed by atoms with van der Waals surface area (Å²) in [4.78, 5) is 1.37. The van der Waals surface area contributed by atoms with E-state index in [-0.39, 0.29) is 0 Å². The van der Waals surface area contributed by atoms with Gasteiger partial charge in [-0.2, -0.15) is 11.8 Å². The van der Waals surface area contributed by atoms with E-state index in [2.05, 4.69) is 54.5 Å². The van der Waals surface area contributed by atoms with E-state index in [4.69, 9.17) is 5.73 Å². The summed E-state index contributed by atoms with van der Waals surface area (Å²) in [6.45, 7) is 2.56. The second kappa shape index (κ2) is 7.40. The van der Waals surface area contributed by atoms with Crippen LogP contribution in [0.3, 0.4) is 0 Å². The van der Waals surface area contributed by atoms with Gasteiger partial charge in [0.15, 0.2) is 0 Å². The van der Waals surface area contributed by atoms with E-state index in [1.165, 1.54) is 16.0 Å². The Bertz CT molecular complexity index is 590. The average Bonchev–Trinajstić information content (AvgIpc) is 2.84. The first-order chi connectivity index (χ1) is 9.28. The van der Waals surface area contributed by atoms with Gasteiger partial charge in [-0.25, -0.2) is 0 Å². The van der Waals surface area contributed by atoms with E-state index in [0.717, 1.165) is 17.1 Å². The van der Waals surface area contributed by atoms with Gasteiger partial charge in [0.2, 0.25) is 0 Å². The minimum Gasteiger partial charge on any atom is -0.320 e. The first-order valence-electron chi connectivity index (χ1n) is 6.17. The van der Waals surface area contributed by atoms with Crippen LogP contribution in [-0.2, 0) is 11.5 Å². The minimum atomic E-state index is 0.424. The van der Waals surface area contributed by atoms with Gasteiger partial charge in [0.05, 0.1) is 6.54 Å². The maximum Gasteiger partial charge on any atom is 0.0555 e. The number of benzene rings is 1. The fraction of sp³-hybridized carbons (Fsp3) is 0.250. The second-order valence-electron chi connectivity index (χ2n) is 4.29. The van der Waals surface area contributed by atoms with Crippen molar-refractivity contribution in [3.05, 3.63) is 57.3 Å². The average molecular weight is 287 g/mol. The summed E-state index contributed by atoms with van der Waals surface area (Å²) in [5, 5.41) is 2.10. The summed E-state index contributed by atoms with van der Waals surface area (Å²) in [5.74, 6) is 8.05. The third-order valence-corrected chi connectivity index (χ3v) is 4.76. The molecule has 0 aliphatic heterocycles. The van der Waals surface area contributed by atoms with Crippen molar-refractivity contribution < 1.29 is 0 Å². The molecule has 1 aromatic carbocycles. The van der Waals surface area contributed by atoms with Gasteiger partial charge in [-0.1, -0.05) is 41.7 Å². The van der Waals surface area contributed by atoms with Crippen LogP contribution in [0.15, 0.2) is 35.7 Å². The highest BCUT2D eigenvalue weighted by Crippen LogP contribution is 2.23. The lowest BCUT2D eigenvalue weighted by Crippen LogP contribution is -1.92. The topological polar surface area (TPSA) is 26.0 Å². The molecule has 0 aliphatic carbocycles. The van der Waals surface area contributed by atoms with E-state index in [0.29, 0.717) is 6.54 Å². The molecule has 19 heavy (non-hydrogen) atoms. The molecule has 2 N–H and O–H groups in total. The Kier molecular flexibility index (Phi) is 5.53. The number of rotatable bonds is 4. The summed E-state index contributed by atoms with van der Waals surface area (Å²) < 4.78 is 0. The molecular weight excluding hydrogens is 270 g/mol. The summed E-state index contributed by atoms with van der Waals surface area (Å²) in [6.07, 6.45) is 0. The van der Waals surface area contributed by atoms with Gasteiger partial charge in [-0.05, 0) is 18.6 Å². The lowest BCUT2D eigenvalue weighted by molar-refractivity contribution is 1.30. The molecule has 0 spiro atoms. The summed E-state index contributed by atoms with van der Waals surface area (Å²) in [7, 11) is 0. The van der Waals surface area contributed by atoms with Gasteiger partial charge in [0, 0.05) is 27.3 Å². The molecule has 0 amide bonds. The van der Waals surface area contributed by atoms with E-state index < -0.39 is 0 Å². The smallest absolute Gasteiger partial charge is 0.0555 e. The Labute approximate surface area is 123 Å². The molecule has 1 heterocycles. The van der Waals surface area contributed by atoms with Crippen LogP contribution >= 0.6 is 23.1 Å². The Morgan fingerprint density at radius 3 is 2.95 bits per heavy atom. The van der Waals surface area contributed by atoms with Crippen molar-refractivity contribution in [2.45, 2.75) is 18.4 Å². The van der Waals surface area contributed by atoms with Crippen molar-refractivity contribution in [2.75, 3.05) is 6.54 Å². The molecular formula is C16H17NS2. The molecule has 0 fully saturated rings. The Hall–Kier alpha value is -1.21. The maximum atomic E-state index is 5.37. The largest absolute Gasteiger partial charge is 0.320 e. The number of thioether (sulfide) groups is 1. The van der Waals surface area contributed by atoms with Crippen LogP contribution < -0.4 is 5.73 Å². The molecule has 0 aliphatic rings. The van der Waals surface area contributed by atoms with Gasteiger partial charge in [0.1, 0.15) is 0 Å². The Balaban J connectivity index is 1.84. The van der Waals surface area contributed by atoms with E-state index in [1.54, 1.807) is 11.3 Å². The van der Waals surface area contributed by atoms with Gasteiger partial charge in [-0.3, -0.25) is 0 Å². The quantitative estimate of drug-likeness (QED) is 0.866. The Morgan fingerprint density at radius 1 is 1.26 bits per heavy atom. The van der Waals surface area contributed by atoms with Crippen molar-refractivity contribution in [3.8, 4) is 11.8 Å². The maximum absolute atomic E-state index is 5.37. The summed E-state index contributed by atoms with van der Waals surface area (Å²) in [5.41, 5.74) is 9.17. The van der Waals surface area contributed by atoms with Crippen molar-refractivity contribution >= 4 is 23.1 Å². The van der Waals surface area contributed by atoms with Gasteiger partial charge >= 0.3 is 0 Å². The zero-order chi connectivity index (χ0) is 13.5. The number of aryl methyl sites for hydroxylation is 1. The zero-order valence-electron chi connectivity index (χ0n) is 11.0. The molecule has 0 saturated heterocycles. The normalized spacial score (nSPS) is 10.0. The number of hydrogen-bond donors (Lipinski definition) is 1. The highest BCUT2D eigenvalue weighted by molar-refractivity contribution is 7.97. The molecule has 2 aromatic rings. The van der Waals surface area contributed by atoms with Crippen molar-refractivity contribution in [1.29, 1.82) is 0 Å². The molecule has 0 unspecified atom stereocenters. The lowest BCUT2D eigenvalue weighted by Gasteiger charge is -2.01. The SMILES string of the molecule is Cc1cccc(CSCc2cc(C#CCN)cs2)c1. The lowest BCUT2D eigenvalue weighted by atomic mass is 10.2. The van der Waals surface area contributed by atoms with Crippen LogP contribution in [0.2, 0.25) is 0 Å². The van der Waals surface area contributed by atoms with E-state index >= 15 is 0 Å². The molecule has 98 valence electrons. The van der Waals surface area contributed by atoms with Crippen molar-refractivity contribution in [2.24, 2.45) is 5.73 Å². The van der Waals surface area contributed by atoms with Crippen LogP contribution in [-0.4, -0.2) is 6.54 Å². The second-order valence-corrected chi connectivity index (χ2v) is 6.27. The molecule has 0 bridgehead atoms. The molecule has 3 heteroatoms. The molecule has 0 radical (unpaired) electrons. The van der Waals surface area contributed by atoms with Crippen LogP contribution in [0, 0.1) is 18.8 Å². The predicted molar refractivity (Wildman–Crippen MR) is 86.4 cm³/mol. The molecule has 0 saturated carbocycles. The fourth-order valence-electron chi connectivity index (χ4n) is 1.75. The molecule has 0 atom stereocenters. The van der Waals surface area contributed by atoms with Crippen LogP contribution in [0.4, 0.5) is 0 Å². The zero-order valence-corrected chi connectivity index (χ0v) is 12.6. The third-order valence-electron chi connectivity index (χ3n) is 2.58. The van der Waals surface area contributed by atoms with E-state index in [1.807, 2.05) is 11.8 Å². The first kappa shape index (κ1) is 14.2. The monoisotopic (exact) mass is 287 g/mol. The summed E-state index contributed by atoms with van der Waals surface area (Å²) >= 11 is 3.72. The molecule has 2 rings (SSSR count). The van der Waals surface area contributed by atoms with Crippen LogP contribution in [0.1, 0.15) is 21.6 Å². The Morgan fingerprint density at radius 2 is 2.16 bits per heavy atom. The van der Waals surface area contributed by atoms with Gasteiger partial charge in [0.25, 0.3) is 0 Å². The van der Waals surface area contributed by atoms with Gasteiger partial charge in [-0.15, -0.1) is 11.3 Å². The molecule has 1 aromatic heterocycles. The van der Waals surface area contributed by atoms with Crippen molar-refractivity contribution in [1.82, 2.24) is 0 Å². The minimum absolute atomic E-state index is 0.424. The number of nitrogens with two attached hydrogens (primary N) is 1. The van der Waals surface area contributed by atoms with E-state index in [9.17, 15) is 0 Å². The number of thiophene rings is 1. The van der Waals surface area contributed by atoms with Crippen molar-refractivity contribution in [3.63, 3.8) is 0 Å². The fourth-order valence-corrected chi connectivity index (χ4v) is 3.67. The van der Waals surface area contributed by atoms with Crippen LogP contribution in [0.25, 0.3) is 0 Å². The highest BCUT2D eigenvalue weighted by atomic mass is 32.2. The highest BCUT2D eigenvalue weighted by Gasteiger charge is 1.99. The molecule has 1 nitrogen and oxygen atoms in total. The number of hydrogen-bond acceptors (Lipinski definition) is 3. The van der Waals surface area contributed by atoms with Crippen LogP contribution in [0.5, 0.6) is 0 Å². The van der Waals surface area contributed by atoms with Gasteiger partial charge < -0.3 is 5.73 Å². The summed E-state index contributed by atoms with van der Waals surface area (Å²) in [6, 6.07) is 10.9. The third kappa shape index (κ3) is 4.76. The predicted octanol–water partition coefficient (Wildman–Crippen LogP) is 3.80. The first-order valence-corrected chi connectivity index (χ1v) is 8.21. The standard InChI is InChI=1S/C16H17NS2/c1-13-4-2-5-14(8-13)10-18-12-16-9-15(11-19-16)6-3-7-17/h2,4-5,8-9,11H,7,10,12,17H2,1H3.